The van der Waals surface area contributed by atoms with E-state index >= 15 is 0 Å². The number of hydrogen-bond acceptors (Lipinski definition) is 3. The van der Waals surface area contributed by atoms with Gasteiger partial charge in [0.2, 0.25) is 0 Å². The number of fused-ring (bicyclic) bond motifs is 1. The van der Waals surface area contributed by atoms with Crippen molar-refractivity contribution in [3.63, 3.8) is 0 Å². The minimum atomic E-state index is 0.351. The molecule has 178 valence electrons. The Morgan fingerprint density at radius 1 is 0.781 bits per heavy atom. The second kappa shape index (κ2) is 14.8. The van der Waals surface area contributed by atoms with E-state index in [-0.39, 0.29) is 0 Å². The van der Waals surface area contributed by atoms with Crippen LogP contribution in [0, 0.1) is 5.92 Å². The highest BCUT2D eigenvalue weighted by molar-refractivity contribution is 6.35. The molecule has 0 saturated heterocycles. The molecule has 0 radical (unpaired) electrons. The number of halogens is 1. The van der Waals surface area contributed by atoms with E-state index in [0.29, 0.717) is 6.61 Å². The summed E-state index contributed by atoms with van der Waals surface area (Å²) in [4.78, 5) is 4.91. The third-order valence-electron chi connectivity index (χ3n) is 6.59. The van der Waals surface area contributed by atoms with Crippen molar-refractivity contribution in [1.82, 2.24) is 4.98 Å². The molecule has 0 atom stereocenters. The number of nitrogens with zero attached hydrogens (tertiary/aromatic N) is 1. The van der Waals surface area contributed by atoms with E-state index in [0.717, 1.165) is 52.7 Å². The van der Waals surface area contributed by atoms with Gasteiger partial charge in [0.1, 0.15) is 11.3 Å². The summed E-state index contributed by atoms with van der Waals surface area (Å²) in [5.74, 6) is 1.61. The zero-order valence-corrected chi connectivity index (χ0v) is 20.6. The normalized spacial score (nSPS) is 13.7. The SMILES string of the molecule is OCCCCCCCCCCCCCCCc1ccc2c(Cl)ccc(OCC3CC3)c2n1. The molecule has 0 spiro atoms. The van der Waals surface area contributed by atoms with Crippen molar-refractivity contribution in [3.8, 4) is 5.75 Å². The quantitative estimate of drug-likeness (QED) is 0.228. The Kier molecular flexibility index (Phi) is 11.7. The summed E-state index contributed by atoms with van der Waals surface area (Å²) in [7, 11) is 0. The predicted octanol–water partition coefficient (Wildman–Crippen LogP) is 8.28. The number of aliphatic hydroxyl groups excluding tert-OH is 1. The number of benzene rings is 1. The molecule has 32 heavy (non-hydrogen) atoms. The first kappa shape index (κ1) is 25.3. The van der Waals surface area contributed by atoms with E-state index in [1.165, 1.54) is 89.9 Å². The maximum absolute atomic E-state index is 8.78. The number of hydrogen-bond donors (Lipinski definition) is 1. The van der Waals surface area contributed by atoms with Gasteiger partial charge in [0, 0.05) is 17.7 Å². The van der Waals surface area contributed by atoms with Gasteiger partial charge in [-0.1, -0.05) is 82.2 Å². The summed E-state index contributed by atoms with van der Waals surface area (Å²) in [6.45, 7) is 1.15. The third kappa shape index (κ3) is 9.27. The first-order valence-electron chi connectivity index (χ1n) is 13.1. The smallest absolute Gasteiger partial charge is 0.145 e. The van der Waals surface area contributed by atoms with Crippen molar-refractivity contribution < 1.29 is 9.84 Å². The number of ether oxygens (including phenoxy) is 1. The molecule has 3 nitrogen and oxygen atoms in total. The fourth-order valence-corrected chi connectivity index (χ4v) is 4.52. The lowest BCUT2D eigenvalue weighted by Crippen LogP contribution is -2.01. The minimum Gasteiger partial charge on any atom is -0.491 e. The second-order valence-electron chi connectivity index (χ2n) is 9.57. The van der Waals surface area contributed by atoms with Gasteiger partial charge in [-0.2, -0.15) is 0 Å². The Labute approximate surface area is 199 Å². The molecule has 1 aromatic heterocycles. The van der Waals surface area contributed by atoms with Gasteiger partial charge in [-0.25, -0.2) is 4.98 Å². The van der Waals surface area contributed by atoms with E-state index in [4.69, 9.17) is 26.4 Å². The van der Waals surface area contributed by atoms with Crippen molar-refractivity contribution in [2.45, 2.75) is 103 Å². The van der Waals surface area contributed by atoms with Crippen LogP contribution in [0.15, 0.2) is 24.3 Å². The molecule has 1 heterocycles. The van der Waals surface area contributed by atoms with Gasteiger partial charge in [-0.05, 0) is 62.3 Å². The number of aliphatic hydroxyl groups is 1. The average molecular weight is 460 g/mol. The van der Waals surface area contributed by atoms with Gasteiger partial charge in [-0.15, -0.1) is 0 Å². The van der Waals surface area contributed by atoms with Crippen molar-refractivity contribution >= 4 is 22.5 Å². The van der Waals surface area contributed by atoms with Crippen molar-refractivity contribution in [3.05, 3.63) is 35.0 Å². The standard InChI is InChI=1S/C28H42ClNO2/c29-26-19-20-27(32-22-23-15-16-23)28-25(26)18-17-24(30-28)14-12-10-8-6-4-2-1-3-5-7-9-11-13-21-31/h17-20,23,31H,1-16,21-22H2. The summed E-state index contributed by atoms with van der Waals surface area (Å²) in [5, 5.41) is 10.5. The van der Waals surface area contributed by atoms with Crippen LogP contribution < -0.4 is 4.74 Å². The fourth-order valence-electron chi connectivity index (χ4n) is 4.31. The third-order valence-corrected chi connectivity index (χ3v) is 6.92. The van der Waals surface area contributed by atoms with Crippen LogP contribution in [0.2, 0.25) is 5.02 Å². The van der Waals surface area contributed by atoms with E-state index in [1.807, 2.05) is 12.1 Å². The highest BCUT2D eigenvalue weighted by Gasteiger charge is 2.22. The number of aromatic nitrogens is 1. The van der Waals surface area contributed by atoms with Gasteiger partial charge < -0.3 is 9.84 Å². The molecule has 1 saturated carbocycles. The topological polar surface area (TPSA) is 42.4 Å². The molecule has 0 bridgehead atoms. The van der Waals surface area contributed by atoms with Crippen LogP contribution in [0.25, 0.3) is 10.9 Å². The maximum atomic E-state index is 8.78. The second-order valence-corrected chi connectivity index (χ2v) is 9.98. The molecule has 1 aromatic carbocycles. The molecule has 1 aliphatic rings. The Morgan fingerprint density at radius 2 is 1.38 bits per heavy atom. The molecule has 1 N–H and O–H groups in total. The molecule has 3 rings (SSSR count). The van der Waals surface area contributed by atoms with Crippen LogP contribution >= 0.6 is 11.6 Å². The molecule has 1 aliphatic carbocycles. The predicted molar refractivity (Wildman–Crippen MR) is 136 cm³/mol. The monoisotopic (exact) mass is 459 g/mol. The zero-order chi connectivity index (χ0) is 22.4. The fraction of sp³-hybridized carbons (Fsp3) is 0.679. The lowest BCUT2D eigenvalue weighted by molar-refractivity contribution is 0.282. The van der Waals surface area contributed by atoms with Gasteiger partial charge >= 0.3 is 0 Å². The summed E-state index contributed by atoms with van der Waals surface area (Å²) in [5.41, 5.74) is 2.07. The maximum Gasteiger partial charge on any atom is 0.145 e. The lowest BCUT2D eigenvalue weighted by atomic mass is 10.0. The summed E-state index contributed by atoms with van der Waals surface area (Å²) < 4.78 is 6.05. The molecule has 0 amide bonds. The number of rotatable bonds is 18. The molecule has 0 unspecified atom stereocenters. The molecule has 0 aliphatic heterocycles. The number of aryl methyl sites for hydroxylation is 1. The van der Waals surface area contributed by atoms with Gasteiger partial charge in [0.25, 0.3) is 0 Å². The molecule has 2 aromatic rings. The van der Waals surface area contributed by atoms with Crippen LogP contribution in [-0.2, 0) is 6.42 Å². The number of unbranched alkanes of at least 4 members (excludes halogenated alkanes) is 12. The minimum absolute atomic E-state index is 0.351. The Balaban J connectivity index is 1.27. The first-order valence-corrected chi connectivity index (χ1v) is 13.5. The van der Waals surface area contributed by atoms with Crippen molar-refractivity contribution in [1.29, 1.82) is 0 Å². The molecular weight excluding hydrogens is 418 g/mol. The van der Waals surface area contributed by atoms with Crippen LogP contribution in [0.5, 0.6) is 5.75 Å². The Hall–Kier alpha value is -1.32. The summed E-state index contributed by atoms with van der Waals surface area (Å²) in [6, 6.07) is 8.13. The Morgan fingerprint density at radius 3 is 1.97 bits per heavy atom. The van der Waals surface area contributed by atoms with Crippen molar-refractivity contribution in [2.24, 2.45) is 5.92 Å². The van der Waals surface area contributed by atoms with E-state index in [1.54, 1.807) is 0 Å². The van der Waals surface area contributed by atoms with Gasteiger partial charge in [-0.3, -0.25) is 0 Å². The first-order chi connectivity index (χ1) is 15.8. The average Bonchev–Trinajstić information content (AvgIpc) is 3.63. The van der Waals surface area contributed by atoms with Crippen LogP contribution in [0.1, 0.15) is 102 Å². The van der Waals surface area contributed by atoms with Crippen LogP contribution in [-0.4, -0.2) is 23.3 Å². The highest BCUT2D eigenvalue weighted by Crippen LogP contribution is 2.34. The van der Waals surface area contributed by atoms with E-state index in [2.05, 4.69) is 12.1 Å². The molecule has 4 heteroatoms. The largest absolute Gasteiger partial charge is 0.491 e. The van der Waals surface area contributed by atoms with Crippen LogP contribution in [0.3, 0.4) is 0 Å². The van der Waals surface area contributed by atoms with Crippen molar-refractivity contribution in [2.75, 3.05) is 13.2 Å². The zero-order valence-electron chi connectivity index (χ0n) is 19.8. The van der Waals surface area contributed by atoms with Gasteiger partial charge in [0.15, 0.2) is 0 Å². The number of pyridine rings is 1. The summed E-state index contributed by atoms with van der Waals surface area (Å²) in [6.07, 6.45) is 20.4. The molecular formula is C28H42ClNO2. The van der Waals surface area contributed by atoms with Crippen LogP contribution in [0.4, 0.5) is 0 Å². The lowest BCUT2D eigenvalue weighted by Gasteiger charge is -2.11. The molecule has 1 fully saturated rings. The van der Waals surface area contributed by atoms with E-state index in [9.17, 15) is 0 Å². The van der Waals surface area contributed by atoms with Gasteiger partial charge in [0.05, 0.1) is 11.6 Å². The van der Waals surface area contributed by atoms with E-state index < -0.39 is 0 Å². The Bertz CT molecular complexity index is 790. The summed E-state index contributed by atoms with van der Waals surface area (Å²) >= 11 is 6.39. The highest BCUT2D eigenvalue weighted by atomic mass is 35.5.